The first-order valence-corrected chi connectivity index (χ1v) is 6.35. The molecule has 1 heterocycles. The largest absolute Gasteiger partial charge is 0.507 e. The van der Waals surface area contributed by atoms with E-state index >= 15 is 0 Å². The molecule has 0 radical (unpaired) electrons. The number of hydrogen-bond acceptors (Lipinski definition) is 3. The van der Waals surface area contributed by atoms with Gasteiger partial charge in [0.25, 0.3) is 0 Å². The van der Waals surface area contributed by atoms with Gasteiger partial charge in [-0.3, -0.25) is 4.79 Å². The van der Waals surface area contributed by atoms with Crippen LogP contribution in [-0.2, 0) is 6.42 Å². The van der Waals surface area contributed by atoms with Gasteiger partial charge in [-0.1, -0.05) is 6.92 Å². The summed E-state index contributed by atoms with van der Waals surface area (Å²) in [6, 6.07) is 7.79. The van der Waals surface area contributed by atoms with Crippen molar-refractivity contribution in [1.29, 1.82) is 0 Å². The lowest BCUT2D eigenvalue weighted by Crippen LogP contribution is -1.90. The molecule has 0 aliphatic heterocycles. The van der Waals surface area contributed by atoms with Crippen LogP contribution < -0.4 is 0 Å². The van der Waals surface area contributed by atoms with Crippen LogP contribution in [0.3, 0.4) is 0 Å². The van der Waals surface area contributed by atoms with Crippen LogP contribution in [0.15, 0.2) is 24.3 Å². The van der Waals surface area contributed by atoms with Crippen molar-refractivity contribution in [3.63, 3.8) is 0 Å². The van der Waals surface area contributed by atoms with Gasteiger partial charge in [0, 0.05) is 9.75 Å². The average Bonchev–Trinajstić information content (AvgIpc) is 2.76. The van der Waals surface area contributed by atoms with E-state index in [0.717, 1.165) is 16.0 Å². The topological polar surface area (TPSA) is 37.3 Å². The molecule has 0 saturated carbocycles. The maximum absolute atomic E-state index is 10.9. The molecule has 0 spiro atoms. The third-order valence-corrected chi connectivity index (χ3v) is 3.80. The van der Waals surface area contributed by atoms with Gasteiger partial charge in [0.05, 0.1) is 5.56 Å². The second-order valence-electron chi connectivity index (χ2n) is 3.95. The Hall–Kier alpha value is -1.61. The highest BCUT2D eigenvalue weighted by Gasteiger charge is 2.10. The van der Waals surface area contributed by atoms with Gasteiger partial charge in [-0.15, -0.1) is 11.3 Å². The van der Waals surface area contributed by atoms with Gasteiger partial charge in [-0.25, -0.2) is 0 Å². The Balaban J connectivity index is 2.59. The lowest BCUT2D eigenvalue weighted by atomic mass is 10.0. The van der Waals surface area contributed by atoms with Crippen LogP contribution in [-0.4, -0.2) is 11.4 Å². The number of aldehydes is 1. The minimum atomic E-state index is 0.111. The molecule has 2 rings (SSSR count). The number of phenols is 1. The fourth-order valence-corrected chi connectivity index (χ4v) is 2.67. The summed E-state index contributed by atoms with van der Waals surface area (Å²) in [4.78, 5) is 13.3. The molecule has 0 aliphatic rings. The summed E-state index contributed by atoms with van der Waals surface area (Å²) in [7, 11) is 0. The first kappa shape index (κ1) is 11.9. The lowest BCUT2D eigenvalue weighted by Gasteiger charge is -2.07. The number of thiophene rings is 1. The third-order valence-electron chi connectivity index (χ3n) is 2.75. The molecule has 17 heavy (non-hydrogen) atoms. The van der Waals surface area contributed by atoms with E-state index in [1.807, 2.05) is 19.1 Å². The third kappa shape index (κ3) is 2.24. The van der Waals surface area contributed by atoms with Crippen molar-refractivity contribution in [2.45, 2.75) is 20.3 Å². The summed E-state index contributed by atoms with van der Waals surface area (Å²) < 4.78 is 0. The highest BCUT2D eigenvalue weighted by atomic mass is 32.1. The highest BCUT2D eigenvalue weighted by molar-refractivity contribution is 7.15. The van der Waals surface area contributed by atoms with E-state index < -0.39 is 0 Å². The van der Waals surface area contributed by atoms with E-state index in [1.165, 1.54) is 4.88 Å². The van der Waals surface area contributed by atoms with Crippen molar-refractivity contribution < 1.29 is 9.90 Å². The first-order chi connectivity index (χ1) is 8.15. The summed E-state index contributed by atoms with van der Waals surface area (Å²) in [6.45, 7) is 4.02. The van der Waals surface area contributed by atoms with E-state index in [2.05, 4.69) is 13.0 Å². The normalized spacial score (nSPS) is 10.5. The summed E-state index contributed by atoms with van der Waals surface area (Å²) >= 11 is 1.69. The van der Waals surface area contributed by atoms with E-state index in [4.69, 9.17) is 0 Å². The molecule has 0 aliphatic carbocycles. The monoisotopic (exact) mass is 246 g/mol. The molecule has 0 unspecified atom stereocenters. The van der Waals surface area contributed by atoms with Crippen molar-refractivity contribution in [1.82, 2.24) is 0 Å². The van der Waals surface area contributed by atoms with Crippen LogP contribution in [0.25, 0.3) is 10.4 Å². The summed E-state index contributed by atoms with van der Waals surface area (Å²) in [5.41, 5.74) is 2.18. The van der Waals surface area contributed by atoms with Crippen LogP contribution >= 0.6 is 11.3 Å². The average molecular weight is 246 g/mol. The van der Waals surface area contributed by atoms with Gasteiger partial charge < -0.3 is 5.11 Å². The Morgan fingerprint density at radius 1 is 1.35 bits per heavy atom. The Morgan fingerprint density at radius 3 is 2.65 bits per heavy atom. The molecule has 2 aromatic rings. The lowest BCUT2D eigenvalue weighted by molar-refractivity contribution is 0.112. The van der Waals surface area contributed by atoms with Gasteiger partial charge in [0.1, 0.15) is 5.75 Å². The van der Waals surface area contributed by atoms with E-state index in [9.17, 15) is 9.90 Å². The number of carbonyl (C=O) groups is 1. The van der Waals surface area contributed by atoms with Gasteiger partial charge in [-0.05, 0) is 48.7 Å². The van der Waals surface area contributed by atoms with Crippen LogP contribution in [0.5, 0.6) is 5.75 Å². The zero-order valence-electron chi connectivity index (χ0n) is 9.86. The molecule has 0 bridgehead atoms. The molecule has 0 fully saturated rings. The molecular formula is C14H14O2S. The predicted molar refractivity (Wildman–Crippen MR) is 70.9 cm³/mol. The second kappa shape index (κ2) is 4.72. The van der Waals surface area contributed by atoms with Crippen molar-refractivity contribution in [2.75, 3.05) is 0 Å². The molecule has 3 heteroatoms. The maximum Gasteiger partial charge on any atom is 0.153 e. The zero-order valence-corrected chi connectivity index (χ0v) is 10.7. The Kier molecular flexibility index (Phi) is 3.29. The van der Waals surface area contributed by atoms with Crippen molar-refractivity contribution >= 4 is 17.6 Å². The van der Waals surface area contributed by atoms with Crippen molar-refractivity contribution in [3.8, 4) is 16.2 Å². The van der Waals surface area contributed by atoms with Gasteiger partial charge in [0.2, 0.25) is 0 Å². The quantitative estimate of drug-likeness (QED) is 0.836. The van der Waals surface area contributed by atoms with Crippen LogP contribution in [0, 0.1) is 6.92 Å². The fraction of sp³-hybridized carbons (Fsp3) is 0.214. The standard InChI is InChI=1S/C14H14O2S/c1-3-10-6-11(7-12(8-15)14(10)16)13-5-4-9(2)17-13/h4-8,16H,3H2,1-2H3. The number of rotatable bonds is 3. The van der Waals surface area contributed by atoms with E-state index in [1.54, 1.807) is 17.4 Å². The maximum atomic E-state index is 10.9. The molecule has 2 nitrogen and oxygen atoms in total. The summed E-state index contributed by atoms with van der Waals surface area (Å²) in [5, 5.41) is 9.84. The number of carbonyl (C=O) groups excluding carboxylic acids is 1. The minimum absolute atomic E-state index is 0.111. The molecule has 1 N–H and O–H groups in total. The second-order valence-corrected chi connectivity index (χ2v) is 5.24. The Morgan fingerprint density at radius 2 is 2.12 bits per heavy atom. The number of phenolic OH excluding ortho intramolecular Hbond substituents is 1. The van der Waals surface area contributed by atoms with Crippen LogP contribution in [0.4, 0.5) is 0 Å². The number of hydrogen-bond donors (Lipinski definition) is 1. The zero-order chi connectivity index (χ0) is 12.4. The van der Waals surface area contributed by atoms with E-state index in [-0.39, 0.29) is 5.75 Å². The molecule has 0 amide bonds. The summed E-state index contributed by atoms with van der Waals surface area (Å²) in [5.74, 6) is 0.111. The summed E-state index contributed by atoms with van der Waals surface area (Å²) in [6.07, 6.45) is 1.42. The van der Waals surface area contributed by atoms with Crippen molar-refractivity contribution in [3.05, 3.63) is 40.3 Å². The Bertz CT molecular complexity index is 555. The SMILES string of the molecule is CCc1cc(-c2ccc(C)s2)cc(C=O)c1O. The molecule has 1 aromatic carbocycles. The first-order valence-electron chi connectivity index (χ1n) is 5.53. The van der Waals surface area contributed by atoms with Gasteiger partial charge in [-0.2, -0.15) is 0 Å². The van der Waals surface area contributed by atoms with Gasteiger partial charge >= 0.3 is 0 Å². The molecule has 1 aromatic heterocycles. The van der Waals surface area contributed by atoms with Crippen LogP contribution in [0.1, 0.15) is 27.7 Å². The number of aryl methyl sites for hydroxylation is 2. The van der Waals surface area contributed by atoms with Crippen LogP contribution in [0.2, 0.25) is 0 Å². The Labute approximate surface area is 105 Å². The number of benzene rings is 1. The van der Waals surface area contributed by atoms with Gasteiger partial charge in [0.15, 0.2) is 6.29 Å². The molecular weight excluding hydrogens is 232 g/mol. The number of aromatic hydroxyl groups is 1. The van der Waals surface area contributed by atoms with Crippen molar-refractivity contribution in [2.24, 2.45) is 0 Å². The molecule has 0 saturated heterocycles. The highest BCUT2D eigenvalue weighted by Crippen LogP contribution is 2.33. The van der Waals surface area contributed by atoms with E-state index in [0.29, 0.717) is 18.3 Å². The molecule has 88 valence electrons. The fourth-order valence-electron chi connectivity index (χ4n) is 1.81. The smallest absolute Gasteiger partial charge is 0.153 e. The predicted octanol–water partition coefficient (Wildman–Crippen LogP) is 3.80. The molecule has 0 atom stereocenters. The minimum Gasteiger partial charge on any atom is -0.507 e.